The van der Waals surface area contributed by atoms with Crippen molar-refractivity contribution in [3.05, 3.63) is 105 Å². The van der Waals surface area contributed by atoms with Gasteiger partial charge in [0.05, 0.1) is 8.95 Å². The number of halogens is 2. The second-order valence-corrected chi connectivity index (χ2v) is 9.39. The van der Waals surface area contributed by atoms with E-state index in [9.17, 15) is 0 Å². The molecular formula is C27H24Br2N2O2. The highest BCUT2D eigenvalue weighted by atomic mass is 79.9. The number of anilines is 2. The number of ether oxygens (including phenoxy) is 2. The van der Waals surface area contributed by atoms with Gasteiger partial charge in [0.2, 0.25) is 0 Å². The maximum Gasteiger partial charge on any atom is 0.141 e. The van der Waals surface area contributed by atoms with Crippen LogP contribution >= 0.6 is 31.9 Å². The van der Waals surface area contributed by atoms with E-state index in [4.69, 9.17) is 20.9 Å². The van der Waals surface area contributed by atoms with Gasteiger partial charge in [0.15, 0.2) is 0 Å². The van der Waals surface area contributed by atoms with Crippen molar-refractivity contribution < 1.29 is 9.47 Å². The first-order chi connectivity index (χ1) is 15.9. The van der Waals surface area contributed by atoms with E-state index < -0.39 is 0 Å². The summed E-state index contributed by atoms with van der Waals surface area (Å²) in [5.74, 6) is 3.22. The third-order valence-corrected chi connectivity index (χ3v) is 6.58. The molecule has 4 nitrogen and oxygen atoms in total. The van der Waals surface area contributed by atoms with Gasteiger partial charge in [-0.1, -0.05) is 19.1 Å². The Kier molecular flexibility index (Phi) is 7.26. The Morgan fingerprint density at radius 1 is 0.636 bits per heavy atom. The minimum Gasteiger partial charge on any atom is -0.456 e. The Morgan fingerprint density at radius 2 is 1.03 bits per heavy atom. The Bertz CT molecular complexity index is 1150. The number of nitrogen functional groups attached to an aromatic ring is 2. The van der Waals surface area contributed by atoms with Crippen LogP contribution in [0.25, 0.3) is 0 Å². The van der Waals surface area contributed by atoms with Crippen LogP contribution in [0.15, 0.2) is 93.9 Å². The molecular weight excluding hydrogens is 544 g/mol. The molecule has 0 bridgehead atoms. The van der Waals surface area contributed by atoms with E-state index in [-0.39, 0.29) is 5.92 Å². The molecule has 4 aromatic rings. The van der Waals surface area contributed by atoms with E-state index in [1.165, 1.54) is 11.1 Å². The number of hydrogen-bond donors (Lipinski definition) is 2. The third-order valence-electron chi connectivity index (χ3n) is 5.34. The van der Waals surface area contributed by atoms with Crippen LogP contribution in [0.4, 0.5) is 11.4 Å². The summed E-state index contributed by atoms with van der Waals surface area (Å²) in [5.41, 5.74) is 15.3. The van der Waals surface area contributed by atoms with Crippen molar-refractivity contribution >= 4 is 43.2 Å². The second kappa shape index (κ2) is 10.3. The zero-order valence-electron chi connectivity index (χ0n) is 18.1. The number of nitrogens with two attached hydrogens (primary N) is 2. The summed E-state index contributed by atoms with van der Waals surface area (Å²) in [6.45, 7) is 2.18. The highest BCUT2D eigenvalue weighted by molar-refractivity contribution is 9.10. The van der Waals surface area contributed by atoms with E-state index in [0.717, 1.165) is 38.4 Å². The molecule has 4 rings (SSSR count). The van der Waals surface area contributed by atoms with Gasteiger partial charge in [-0.15, -0.1) is 0 Å². The molecule has 0 saturated heterocycles. The van der Waals surface area contributed by atoms with Crippen molar-refractivity contribution in [2.24, 2.45) is 0 Å². The van der Waals surface area contributed by atoms with Gasteiger partial charge in [0.1, 0.15) is 23.0 Å². The minimum atomic E-state index is 0.230. The van der Waals surface area contributed by atoms with E-state index in [1.54, 1.807) is 0 Å². The molecule has 4 N–H and O–H groups in total. The molecule has 6 heteroatoms. The fourth-order valence-electron chi connectivity index (χ4n) is 3.62. The predicted molar refractivity (Wildman–Crippen MR) is 142 cm³/mol. The smallest absolute Gasteiger partial charge is 0.141 e. The molecule has 33 heavy (non-hydrogen) atoms. The molecule has 168 valence electrons. The summed E-state index contributed by atoms with van der Waals surface area (Å²) < 4.78 is 13.8. The standard InChI is InChI=1S/C27H24Br2N2O2/c1-2-23(17-3-13-26(24(28)15-17)32-21-9-5-19(30)6-10-21)18-4-14-27(25(29)16-18)33-22-11-7-20(31)8-12-22/h3-16,23H,2,30-31H2,1H3. The molecule has 0 amide bonds. The van der Waals surface area contributed by atoms with Gasteiger partial charge in [-0.05, 0) is 122 Å². The van der Waals surface area contributed by atoms with Gasteiger partial charge in [-0.2, -0.15) is 0 Å². The monoisotopic (exact) mass is 566 g/mol. The maximum absolute atomic E-state index is 6.00. The first-order valence-electron chi connectivity index (χ1n) is 10.6. The molecule has 0 saturated carbocycles. The Hall–Kier alpha value is -2.96. The minimum absolute atomic E-state index is 0.230. The number of rotatable bonds is 7. The number of hydrogen-bond acceptors (Lipinski definition) is 4. The van der Waals surface area contributed by atoms with E-state index in [0.29, 0.717) is 11.4 Å². The Labute approximate surface area is 210 Å². The molecule has 0 fully saturated rings. The van der Waals surface area contributed by atoms with Crippen LogP contribution < -0.4 is 20.9 Å². The fourth-order valence-corrected chi connectivity index (χ4v) is 4.58. The van der Waals surface area contributed by atoms with Gasteiger partial charge in [-0.3, -0.25) is 0 Å². The lowest BCUT2D eigenvalue weighted by atomic mass is 9.89. The van der Waals surface area contributed by atoms with E-state index in [2.05, 4.69) is 63.0 Å². The van der Waals surface area contributed by atoms with Gasteiger partial charge in [-0.25, -0.2) is 0 Å². The predicted octanol–water partition coefficient (Wildman–Crippen LogP) is 8.50. The van der Waals surface area contributed by atoms with Crippen LogP contribution in [0.3, 0.4) is 0 Å². The quantitative estimate of drug-likeness (QED) is 0.220. The Morgan fingerprint density at radius 3 is 1.36 bits per heavy atom. The van der Waals surface area contributed by atoms with Crippen LogP contribution in [-0.2, 0) is 0 Å². The normalized spacial score (nSPS) is 10.9. The van der Waals surface area contributed by atoms with Crippen LogP contribution in [0.1, 0.15) is 30.4 Å². The third kappa shape index (κ3) is 5.70. The SMILES string of the molecule is CCC(c1ccc(Oc2ccc(N)cc2)c(Br)c1)c1ccc(Oc2ccc(N)cc2)c(Br)c1. The topological polar surface area (TPSA) is 70.5 Å². The average Bonchev–Trinajstić information content (AvgIpc) is 2.80. The van der Waals surface area contributed by atoms with Crippen molar-refractivity contribution in [3.8, 4) is 23.0 Å². The molecule has 0 radical (unpaired) electrons. The molecule has 0 unspecified atom stereocenters. The van der Waals surface area contributed by atoms with Crippen molar-refractivity contribution in [2.75, 3.05) is 11.5 Å². The highest BCUT2D eigenvalue weighted by Gasteiger charge is 2.16. The fraction of sp³-hybridized carbons (Fsp3) is 0.111. The highest BCUT2D eigenvalue weighted by Crippen LogP contribution is 2.38. The summed E-state index contributed by atoms with van der Waals surface area (Å²) in [7, 11) is 0. The van der Waals surface area contributed by atoms with Crippen LogP contribution in [0.2, 0.25) is 0 Å². The summed E-state index contributed by atoms with van der Waals surface area (Å²) in [5, 5.41) is 0. The molecule has 0 aliphatic carbocycles. The van der Waals surface area contributed by atoms with Gasteiger partial charge >= 0.3 is 0 Å². The molecule has 0 aromatic heterocycles. The maximum atomic E-state index is 6.00. The van der Waals surface area contributed by atoms with Crippen molar-refractivity contribution in [2.45, 2.75) is 19.3 Å². The number of benzene rings is 4. The van der Waals surface area contributed by atoms with Crippen LogP contribution in [-0.4, -0.2) is 0 Å². The first kappa shape index (κ1) is 23.2. The van der Waals surface area contributed by atoms with Crippen molar-refractivity contribution in [1.82, 2.24) is 0 Å². The largest absolute Gasteiger partial charge is 0.456 e. The average molecular weight is 568 g/mol. The summed E-state index contributed by atoms with van der Waals surface area (Å²) in [4.78, 5) is 0. The summed E-state index contributed by atoms with van der Waals surface area (Å²) in [6.07, 6.45) is 0.954. The molecule has 0 aliphatic heterocycles. The lowest BCUT2D eigenvalue weighted by molar-refractivity contribution is 0.479. The molecule has 0 atom stereocenters. The molecule has 0 spiro atoms. The molecule has 4 aromatic carbocycles. The second-order valence-electron chi connectivity index (χ2n) is 7.68. The summed E-state index contributed by atoms with van der Waals surface area (Å²) in [6, 6.07) is 27.2. The van der Waals surface area contributed by atoms with Gasteiger partial charge in [0.25, 0.3) is 0 Å². The molecule has 0 heterocycles. The zero-order chi connectivity index (χ0) is 23.4. The van der Waals surface area contributed by atoms with E-state index in [1.807, 2.05) is 60.7 Å². The first-order valence-corrected chi connectivity index (χ1v) is 12.2. The van der Waals surface area contributed by atoms with Crippen LogP contribution in [0, 0.1) is 0 Å². The molecule has 0 aliphatic rings. The Balaban J connectivity index is 1.53. The van der Waals surface area contributed by atoms with Gasteiger partial charge in [0, 0.05) is 17.3 Å². The van der Waals surface area contributed by atoms with Crippen LogP contribution in [0.5, 0.6) is 23.0 Å². The lowest BCUT2D eigenvalue weighted by Crippen LogP contribution is -2.01. The summed E-state index contributed by atoms with van der Waals surface area (Å²) >= 11 is 7.34. The van der Waals surface area contributed by atoms with Crippen molar-refractivity contribution in [3.63, 3.8) is 0 Å². The lowest BCUT2D eigenvalue weighted by Gasteiger charge is -2.19. The van der Waals surface area contributed by atoms with E-state index >= 15 is 0 Å². The van der Waals surface area contributed by atoms with Gasteiger partial charge < -0.3 is 20.9 Å². The van der Waals surface area contributed by atoms with Crippen molar-refractivity contribution in [1.29, 1.82) is 0 Å². The zero-order valence-corrected chi connectivity index (χ0v) is 21.3.